The molecule has 3 aliphatic rings. The molecule has 1 unspecified atom stereocenters. The number of allylic oxidation sites excluding steroid dienone is 1. The van der Waals surface area contributed by atoms with Gasteiger partial charge in [-0.05, 0) is 55.1 Å². The number of nitrogens with zero attached hydrogens (tertiary/aromatic N) is 4. The summed E-state index contributed by atoms with van der Waals surface area (Å²) in [7, 11) is 7.82. The van der Waals surface area contributed by atoms with E-state index < -0.39 is 17.8 Å². The van der Waals surface area contributed by atoms with Gasteiger partial charge in [0.15, 0.2) is 5.75 Å². The summed E-state index contributed by atoms with van der Waals surface area (Å²) in [6, 6.07) is 22.6. The average molecular weight is 683 g/mol. The van der Waals surface area contributed by atoms with Crippen LogP contribution in [0.4, 0.5) is 11.4 Å². The maximum Gasteiger partial charge on any atom is 0.338 e. The minimum atomic E-state index is -0.545. The summed E-state index contributed by atoms with van der Waals surface area (Å²) in [5.74, 6) is 0.111. The van der Waals surface area contributed by atoms with Crippen LogP contribution < -0.4 is 14.5 Å². The van der Waals surface area contributed by atoms with E-state index in [4.69, 9.17) is 9.47 Å². The third kappa shape index (κ3) is 5.77. The highest BCUT2D eigenvalue weighted by molar-refractivity contribution is 6.26. The number of fused-ring (bicyclic) bond motifs is 2. The van der Waals surface area contributed by atoms with Crippen molar-refractivity contribution in [3.8, 4) is 5.75 Å². The summed E-state index contributed by atoms with van der Waals surface area (Å²) < 4.78 is 12.5. The first kappa shape index (κ1) is 33.8. The van der Waals surface area contributed by atoms with Gasteiger partial charge in [0.25, 0.3) is 11.8 Å². The molecule has 0 spiro atoms. The number of carbonyl (C=O) groups is 3. The van der Waals surface area contributed by atoms with Gasteiger partial charge in [0.05, 0.1) is 23.8 Å². The number of hydrogen-bond acceptors (Lipinski definition) is 8. The van der Waals surface area contributed by atoms with Crippen molar-refractivity contribution in [1.82, 2.24) is 9.80 Å². The zero-order valence-electron chi connectivity index (χ0n) is 29.9. The Morgan fingerprint density at radius 3 is 2.18 bits per heavy atom. The van der Waals surface area contributed by atoms with Crippen LogP contribution in [0.2, 0.25) is 0 Å². The second kappa shape index (κ2) is 13.6. The molecular weight excluding hydrogens is 640 g/mol. The van der Waals surface area contributed by atoms with Crippen molar-refractivity contribution in [3.63, 3.8) is 0 Å². The summed E-state index contributed by atoms with van der Waals surface area (Å²) in [6.07, 6.45) is 6.41. The quantitative estimate of drug-likeness (QED) is 0.134. The van der Waals surface area contributed by atoms with Crippen LogP contribution in [0.1, 0.15) is 56.0 Å². The number of carbonyl (C=O) groups excluding carboxylic acids is 3. The first-order valence-electron chi connectivity index (χ1n) is 17.4. The Kier molecular flexibility index (Phi) is 8.99. The Morgan fingerprint density at radius 1 is 0.784 bits per heavy atom. The number of ether oxygens (including phenoxy) is 2. The molecule has 0 fully saturated rings. The topological polar surface area (TPSA) is 82.6 Å². The Hall–Kier alpha value is -5.67. The van der Waals surface area contributed by atoms with E-state index in [2.05, 4.69) is 37.0 Å². The summed E-state index contributed by atoms with van der Waals surface area (Å²) in [5.41, 5.74) is 6.47. The minimum absolute atomic E-state index is 0.0717. The second-order valence-electron chi connectivity index (χ2n) is 13.2. The molecule has 2 amide bonds. The monoisotopic (exact) mass is 682 g/mol. The van der Waals surface area contributed by atoms with Gasteiger partial charge in [0.1, 0.15) is 12.4 Å². The number of esters is 1. The Labute approximate surface area is 298 Å². The van der Waals surface area contributed by atoms with E-state index in [9.17, 15) is 14.4 Å². The van der Waals surface area contributed by atoms with E-state index in [1.165, 1.54) is 4.90 Å². The van der Waals surface area contributed by atoms with Gasteiger partial charge in [-0.1, -0.05) is 68.5 Å². The lowest BCUT2D eigenvalue weighted by atomic mass is 9.84. The van der Waals surface area contributed by atoms with Gasteiger partial charge >= 0.3 is 5.97 Å². The summed E-state index contributed by atoms with van der Waals surface area (Å²) in [4.78, 5) is 48.7. The van der Waals surface area contributed by atoms with Crippen molar-refractivity contribution in [2.45, 2.75) is 19.9 Å². The summed E-state index contributed by atoms with van der Waals surface area (Å²) >= 11 is 0. The largest absolute Gasteiger partial charge is 0.460 e. The lowest BCUT2D eigenvalue weighted by molar-refractivity contribution is 0.0404. The third-order valence-electron chi connectivity index (χ3n) is 9.92. The van der Waals surface area contributed by atoms with Crippen molar-refractivity contribution in [2.24, 2.45) is 0 Å². The molecule has 1 atom stereocenters. The number of anilines is 2. The molecular formula is C42H42N4O5. The number of imide groups is 1. The molecule has 9 nitrogen and oxygen atoms in total. The van der Waals surface area contributed by atoms with Crippen molar-refractivity contribution < 1.29 is 23.9 Å². The normalized spacial score (nSPS) is 16.2. The highest BCUT2D eigenvalue weighted by Crippen LogP contribution is 2.48. The van der Waals surface area contributed by atoms with Gasteiger partial charge < -0.3 is 19.3 Å². The fraction of sp³-hybridized carbons (Fsp3) is 0.262. The van der Waals surface area contributed by atoms with Crippen LogP contribution in [-0.2, 0) is 4.74 Å². The molecule has 4 aromatic rings. The number of benzene rings is 4. The van der Waals surface area contributed by atoms with Gasteiger partial charge in [-0.25, -0.2) is 4.79 Å². The highest BCUT2D eigenvalue weighted by Gasteiger charge is 2.35. The van der Waals surface area contributed by atoms with E-state index >= 15 is 0 Å². The van der Waals surface area contributed by atoms with Crippen LogP contribution >= 0.6 is 0 Å². The predicted octanol–water partition coefficient (Wildman–Crippen LogP) is 6.78. The van der Waals surface area contributed by atoms with Gasteiger partial charge in [0.2, 0.25) is 0 Å². The first-order valence-corrected chi connectivity index (χ1v) is 17.4. The van der Waals surface area contributed by atoms with Crippen LogP contribution in [0.5, 0.6) is 5.75 Å². The van der Waals surface area contributed by atoms with Crippen molar-refractivity contribution in [3.05, 3.63) is 130 Å². The number of likely N-dealkylation sites (N-methyl/N-ethyl adjacent to an activating group) is 1. The third-order valence-corrected chi connectivity index (χ3v) is 9.92. The van der Waals surface area contributed by atoms with E-state index in [-0.39, 0.29) is 19.2 Å². The summed E-state index contributed by atoms with van der Waals surface area (Å²) in [5, 5.41) is 1.50. The molecule has 1 aliphatic carbocycles. The van der Waals surface area contributed by atoms with Crippen LogP contribution in [0.3, 0.4) is 0 Å². The van der Waals surface area contributed by atoms with Crippen LogP contribution in [-0.4, -0.2) is 88.1 Å². The molecule has 0 N–H and O–H groups in total. The molecule has 51 heavy (non-hydrogen) atoms. The van der Waals surface area contributed by atoms with Crippen LogP contribution in [0, 0.1) is 0 Å². The minimum Gasteiger partial charge on any atom is -0.460 e. The van der Waals surface area contributed by atoms with E-state index in [1.54, 1.807) is 18.2 Å². The van der Waals surface area contributed by atoms with E-state index in [0.717, 1.165) is 58.1 Å². The zero-order valence-corrected chi connectivity index (χ0v) is 29.9. The number of rotatable bonds is 10. The van der Waals surface area contributed by atoms with E-state index in [0.29, 0.717) is 27.6 Å². The molecule has 2 aliphatic heterocycles. The van der Waals surface area contributed by atoms with Crippen molar-refractivity contribution in [2.75, 3.05) is 64.2 Å². The lowest BCUT2D eigenvalue weighted by Crippen LogP contribution is -2.42. The molecule has 260 valence electrons. The smallest absolute Gasteiger partial charge is 0.338 e. The van der Waals surface area contributed by atoms with Crippen LogP contribution in [0.25, 0.3) is 16.3 Å². The number of amides is 2. The molecule has 2 heterocycles. The van der Waals surface area contributed by atoms with Crippen molar-refractivity contribution >= 4 is 45.5 Å². The van der Waals surface area contributed by atoms with Crippen molar-refractivity contribution in [1.29, 1.82) is 0 Å². The lowest BCUT2D eigenvalue weighted by Gasteiger charge is -2.33. The predicted molar refractivity (Wildman–Crippen MR) is 202 cm³/mol. The summed E-state index contributed by atoms with van der Waals surface area (Å²) in [6.45, 7) is 5.85. The highest BCUT2D eigenvalue weighted by atomic mass is 16.5. The Balaban J connectivity index is 1.19. The standard InChI is InChI=1S/C42H42N4O5/c1-7-45(8-2)26-19-20-30-36(25-26)51-39-31(16-12-18-35(39)44(5)6)37(30)27-13-9-10-14-28(27)42(49)50-24-23-46-40(47)32-17-11-15-29-34(43(3)4)22-21-33(38(29)32)41(46)48/h9-22,25-26H,7-8,23-24H2,1-6H3. The molecule has 0 radical (unpaired) electrons. The molecule has 7 rings (SSSR count). The number of hydrogen-bond donors (Lipinski definition) is 0. The average Bonchev–Trinajstić information content (AvgIpc) is 3.13. The van der Waals surface area contributed by atoms with Gasteiger partial charge in [-0.15, -0.1) is 0 Å². The SMILES string of the molecule is CCN(CC)C1C=CC2=C(c3ccccc3C(=O)OCCN3C(=O)c4cccc5c(N(C)C)ccc(c45)C3=O)c3cccc(N(C)C)c3OC2=C1. The zero-order chi connectivity index (χ0) is 36.0. The maximum atomic E-state index is 13.9. The molecule has 0 saturated heterocycles. The fourth-order valence-corrected chi connectivity index (χ4v) is 7.38. The first-order chi connectivity index (χ1) is 24.6. The molecule has 9 heteroatoms. The Morgan fingerprint density at radius 2 is 1.45 bits per heavy atom. The molecule has 0 bridgehead atoms. The molecule has 4 aromatic carbocycles. The van der Waals surface area contributed by atoms with Gasteiger partial charge in [0, 0.05) is 72.5 Å². The Bertz CT molecular complexity index is 2150. The molecule has 0 aromatic heterocycles. The van der Waals surface area contributed by atoms with E-state index in [1.807, 2.05) is 92.6 Å². The van der Waals surface area contributed by atoms with Gasteiger partial charge in [-0.2, -0.15) is 0 Å². The second-order valence-corrected chi connectivity index (χ2v) is 13.2. The number of para-hydroxylation sites is 1. The fourth-order valence-electron chi connectivity index (χ4n) is 7.38. The van der Waals surface area contributed by atoms with Crippen LogP contribution in [0.15, 0.2) is 102 Å². The van der Waals surface area contributed by atoms with Gasteiger partial charge in [-0.3, -0.25) is 19.4 Å². The molecule has 0 saturated carbocycles. The maximum absolute atomic E-state index is 13.9.